The van der Waals surface area contributed by atoms with Gasteiger partial charge < -0.3 is 0 Å². The van der Waals surface area contributed by atoms with Crippen molar-refractivity contribution in [2.75, 3.05) is 0 Å². The monoisotopic (exact) mass is 287 g/mol. The second-order valence-electron chi connectivity index (χ2n) is 3.95. The van der Waals surface area contributed by atoms with Crippen molar-refractivity contribution < 1.29 is 13.2 Å². The van der Waals surface area contributed by atoms with Crippen LogP contribution in [0.2, 0.25) is 5.15 Å². The topological polar surface area (TPSA) is 38.7 Å². The van der Waals surface area contributed by atoms with Gasteiger partial charge in [0, 0.05) is 18.0 Å². The molecule has 0 atom stereocenters. The average molecular weight is 288 g/mol. The number of nitrogens with zero attached hydrogens (tertiary/aromatic N) is 3. The Balaban J connectivity index is 2.70. The highest BCUT2D eigenvalue weighted by Gasteiger charge is 2.34. The molecule has 19 heavy (non-hydrogen) atoms. The Morgan fingerprint density at radius 1 is 1.11 bits per heavy atom. The van der Waals surface area contributed by atoms with Crippen LogP contribution >= 0.6 is 11.6 Å². The van der Waals surface area contributed by atoms with E-state index in [0.717, 1.165) is 18.5 Å². The second-order valence-corrected chi connectivity index (χ2v) is 4.31. The van der Waals surface area contributed by atoms with Crippen LogP contribution in [0.1, 0.15) is 17.0 Å². The van der Waals surface area contributed by atoms with E-state index in [2.05, 4.69) is 15.0 Å². The van der Waals surface area contributed by atoms with E-state index in [4.69, 9.17) is 11.6 Å². The van der Waals surface area contributed by atoms with E-state index >= 15 is 0 Å². The minimum Gasteiger partial charge on any atom is -0.264 e. The summed E-state index contributed by atoms with van der Waals surface area (Å²) in [5.74, 6) is 0. The fraction of sp³-hybridized carbons (Fsp3) is 0.250. The Morgan fingerprint density at radius 3 is 2.37 bits per heavy atom. The molecule has 2 heterocycles. The van der Waals surface area contributed by atoms with Gasteiger partial charge in [-0.15, -0.1) is 0 Å². The van der Waals surface area contributed by atoms with E-state index in [1.807, 2.05) is 0 Å². The van der Waals surface area contributed by atoms with Gasteiger partial charge in [-0.25, -0.2) is 9.97 Å². The fourth-order valence-corrected chi connectivity index (χ4v) is 1.85. The predicted octanol–water partition coefficient (Wildman–Crippen LogP) is 3.83. The van der Waals surface area contributed by atoms with Gasteiger partial charge in [0.1, 0.15) is 5.69 Å². The summed E-state index contributed by atoms with van der Waals surface area (Å²) in [4.78, 5) is 11.8. The Morgan fingerprint density at radius 2 is 1.74 bits per heavy atom. The summed E-state index contributed by atoms with van der Waals surface area (Å²) in [7, 11) is 0. The molecular formula is C12H9ClF3N3. The second kappa shape index (κ2) is 4.77. The summed E-state index contributed by atoms with van der Waals surface area (Å²) in [6.45, 7) is 3.34. The van der Waals surface area contributed by atoms with Crippen LogP contribution in [0.4, 0.5) is 13.2 Å². The molecule has 100 valence electrons. The van der Waals surface area contributed by atoms with Crippen molar-refractivity contribution in [2.24, 2.45) is 0 Å². The molecule has 0 radical (unpaired) electrons. The van der Waals surface area contributed by atoms with Gasteiger partial charge in [0.05, 0.1) is 17.0 Å². The number of hydrogen-bond donors (Lipinski definition) is 0. The maximum Gasteiger partial charge on any atom is 0.417 e. The lowest BCUT2D eigenvalue weighted by Crippen LogP contribution is -2.09. The predicted molar refractivity (Wildman–Crippen MR) is 64.7 cm³/mol. The summed E-state index contributed by atoms with van der Waals surface area (Å²) in [6.07, 6.45) is -2.33. The quantitative estimate of drug-likeness (QED) is 0.800. The average Bonchev–Trinajstić information content (AvgIpc) is 2.33. The third kappa shape index (κ3) is 2.68. The van der Waals surface area contributed by atoms with E-state index < -0.39 is 11.7 Å². The molecule has 0 aromatic carbocycles. The van der Waals surface area contributed by atoms with Crippen molar-refractivity contribution in [3.63, 3.8) is 0 Å². The summed E-state index contributed by atoms with van der Waals surface area (Å²) < 4.78 is 38.8. The number of alkyl halides is 3. The van der Waals surface area contributed by atoms with Crippen molar-refractivity contribution in [3.05, 3.63) is 40.6 Å². The number of pyridine rings is 1. The summed E-state index contributed by atoms with van der Waals surface area (Å²) in [5.41, 5.74) is 0.0883. The molecule has 2 aromatic rings. The molecule has 0 spiro atoms. The van der Waals surface area contributed by atoms with Gasteiger partial charge in [-0.3, -0.25) is 4.98 Å². The molecule has 0 saturated carbocycles. The third-order valence-electron chi connectivity index (χ3n) is 2.65. The van der Waals surface area contributed by atoms with Crippen molar-refractivity contribution in [1.82, 2.24) is 15.0 Å². The summed E-state index contributed by atoms with van der Waals surface area (Å²) in [6, 6.07) is 0.891. The molecule has 0 fully saturated rings. The number of aromatic nitrogens is 3. The first kappa shape index (κ1) is 13.7. The van der Waals surface area contributed by atoms with Gasteiger partial charge >= 0.3 is 6.18 Å². The normalized spacial score (nSPS) is 11.7. The fourth-order valence-electron chi connectivity index (χ4n) is 1.58. The molecule has 0 N–H and O–H groups in total. The van der Waals surface area contributed by atoms with Crippen LogP contribution in [-0.4, -0.2) is 15.0 Å². The molecule has 0 aliphatic carbocycles. The van der Waals surface area contributed by atoms with Gasteiger partial charge in [-0.1, -0.05) is 11.6 Å². The highest BCUT2D eigenvalue weighted by molar-refractivity contribution is 6.31. The third-order valence-corrected chi connectivity index (χ3v) is 2.91. The maximum absolute atomic E-state index is 12.9. The van der Waals surface area contributed by atoms with Gasteiger partial charge in [-0.2, -0.15) is 13.2 Å². The zero-order valence-electron chi connectivity index (χ0n) is 10.1. The first-order valence-corrected chi connectivity index (χ1v) is 5.71. The minimum absolute atomic E-state index is 0.00908. The molecule has 3 nitrogen and oxygen atoms in total. The van der Waals surface area contributed by atoms with Crippen LogP contribution in [0.3, 0.4) is 0 Å². The summed E-state index contributed by atoms with van der Waals surface area (Å²) in [5, 5.41) is -0.0680. The van der Waals surface area contributed by atoms with Crippen LogP contribution in [-0.2, 0) is 6.18 Å². The lowest BCUT2D eigenvalue weighted by molar-refractivity contribution is -0.137. The van der Waals surface area contributed by atoms with Crippen molar-refractivity contribution in [3.8, 4) is 11.3 Å². The van der Waals surface area contributed by atoms with Crippen LogP contribution in [0.25, 0.3) is 11.3 Å². The Labute approximate surface area is 112 Å². The minimum atomic E-state index is -4.50. The van der Waals surface area contributed by atoms with E-state index in [1.54, 1.807) is 13.8 Å². The first-order chi connectivity index (χ1) is 8.80. The lowest BCUT2D eigenvalue weighted by Gasteiger charge is -2.13. The molecule has 7 heteroatoms. The SMILES string of the molecule is Cc1nc(Cl)c(-c2cnccc2C(F)(F)F)nc1C. The van der Waals surface area contributed by atoms with Crippen molar-refractivity contribution in [1.29, 1.82) is 0 Å². The van der Waals surface area contributed by atoms with Crippen LogP contribution in [0.15, 0.2) is 18.5 Å². The summed E-state index contributed by atoms with van der Waals surface area (Å²) >= 11 is 5.89. The van der Waals surface area contributed by atoms with Gasteiger partial charge in [0.15, 0.2) is 5.15 Å². The highest BCUT2D eigenvalue weighted by atomic mass is 35.5. The van der Waals surface area contributed by atoms with E-state index in [1.165, 1.54) is 0 Å². The Bertz CT molecular complexity index is 626. The number of hydrogen-bond acceptors (Lipinski definition) is 3. The molecule has 0 aliphatic heterocycles. The molecule has 2 rings (SSSR count). The van der Waals surface area contributed by atoms with E-state index in [-0.39, 0.29) is 16.4 Å². The zero-order valence-corrected chi connectivity index (χ0v) is 10.8. The Hall–Kier alpha value is -1.69. The van der Waals surface area contributed by atoms with E-state index in [9.17, 15) is 13.2 Å². The standard InChI is InChI=1S/C12H9ClF3N3/c1-6-7(2)19-11(13)10(18-6)8-5-17-4-3-9(8)12(14,15)16/h3-5H,1-2H3. The van der Waals surface area contributed by atoms with E-state index in [0.29, 0.717) is 11.4 Å². The van der Waals surface area contributed by atoms with Crippen molar-refractivity contribution in [2.45, 2.75) is 20.0 Å². The van der Waals surface area contributed by atoms with Crippen molar-refractivity contribution >= 4 is 11.6 Å². The molecule has 0 saturated heterocycles. The molecule has 0 aliphatic rings. The van der Waals surface area contributed by atoms with Gasteiger partial charge in [-0.05, 0) is 19.9 Å². The molecular weight excluding hydrogens is 279 g/mol. The number of aryl methyl sites for hydroxylation is 2. The first-order valence-electron chi connectivity index (χ1n) is 5.33. The molecule has 0 unspecified atom stereocenters. The Kier molecular flexibility index (Phi) is 3.45. The van der Waals surface area contributed by atoms with Gasteiger partial charge in [0.2, 0.25) is 0 Å². The van der Waals surface area contributed by atoms with Crippen LogP contribution < -0.4 is 0 Å². The largest absolute Gasteiger partial charge is 0.417 e. The number of rotatable bonds is 1. The molecule has 0 amide bonds. The zero-order chi connectivity index (χ0) is 14.2. The molecule has 2 aromatic heterocycles. The number of halogens is 4. The molecule has 0 bridgehead atoms. The van der Waals surface area contributed by atoms with Crippen LogP contribution in [0.5, 0.6) is 0 Å². The highest BCUT2D eigenvalue weighted by Crippen LogP contribution is 2.37. The smallest absolute Gasteiger partial charge is 0.264 e. The van der Waals surface area contributed by atoms with Gasteiger partial charge in [0.25, 0.3) is 0 Å². The maximum atomic E-state index is 12.9. The van der Waals surface area contributed by atoms with Crippen LogP contribution in [0, 0.1) is 13.8 Å². The lowest BCUT2D eigenvalue weighted by atomic mass is 10.1.